The van der Waals surface area contributed by atoms with Crippen molar-refractivity contribution in [3.63, 3.8) is 0 Å². The number of hydrogen-bond donors (Lipinski definition) is 1. The molecule has 130 valence electrons. The molecule has 0 atom stereocenters. The van der Waals surface area contributed by atoms with Crippen molar-refractivity contribution in [1.82, 2.24) is 5.32 Å². The van der Waals surface area contributed by atoms with Gasteiger partial charge in [0.15, 0.2) is 18.1 Å². The summed E-state index contributed by atoms with van der Waals surface area (Å²) in [6.45, 7) is 0.273. The van der Waals surface area contributed by atoms with Crippen LogP contribution < -0.4 is 14.8 Å². The molecule has 0 aliphatic carbocycles. The standard InChI is InChI=1S/C20H17N3O3/c1-25-19-10-16(9-17(11-21)12-22)7-8-18(19)26-14-20(24)23-13-15-5-3-2-4-6-15/h2-10H,13-14H2,1H3,(H,23,24). The van der Waals surface area contributed by atoms with Crippen molar-refractivity contribution in [2.24, 2.45) is 0 Å². The van der Waals surface area contributed by atoms with E-state index in [4.69, 9.17) is 20.0 Å². The molecular weight excluding hydrogens is 330 g/mol. The zero-order valence-electron chi connectivity index (χ0n) is 14.2. The van der Waals surface area contributed by atoms with Crippen LogP contribution >= 0.6 is 0 Å². The van der Waals surface area contributed by atoms with Gasteiger partial charge in [0, 0.05) is 6.54 Å². The molecule has 0 unspecified atom stereocenters. The topological polar surface area (TPSA) is 95.1 Å². The van der Waals surface area contributed by atoms with Gasteiger partial charge in [0.25, 0.3) is 5.91 Å². The molecule has 0 aliphatic heterocycles. The van der Waals surface area contributed by atoms with E-state index in [-0.39, 0.29) is 18.1 Å². The minimum Gasteiger partial charge on any atom is -0.493 e. The highest BCUT2D eigenvalue weighted by Crippen LogP contribution is 2.28. The lowest BCUT2D eigenvalue weighted by atomic mass is 10.1. The molecule has 0 saturated heterocycles. The number of allylic oxidation sites excluding steroid dienone is 1. The van der Waals surface area contributed by atoms with E-state index in [1.54, 1.807) is 30.3 Å². The van der Waals surface area contributed by atoms with Crippen molar-refractivity contribution in [3.8, 4) is 23.6 Å². The quantitative estimate of drug-likeness (QED) is 0.777. The van der Waals surface area contributed by atoms with Gasteiger partial charge < -0.3 is 14.8 Å². The molecule has 0 saturated carbocycles. The molecule has 0 heterocycles. The highest BCUT2D eigenvalue weighted by atomic mass is 16.5. The average molecular weight is 347 g/mol. The van der Waals surface area contributed by atoms with E-state index in [1.165, 1.54) is 13.2 Å². The van der Waals surface area contributed by atoms with Gasteiger partial charge in [-0.3, -0.25) is 4.79 Å². The summed E-state index contributed by atoms with van der Waals surface area (Å²) in [6.07, 6.45) is 1.44. The summed E-state index contributed by atoms with van der Waals surface area (Å²) in [4.78, 5) is 11.9. The van der Waals surface area contributed by atoms with Crippen molar-refractivity contribution in [1.29, 1.82) is 10.5 Å². The Labute approximate surface area is 151 Å². The number of ether oxygens (including phenoxy) is 2. The first kappa shape index (κ1) is 18.6. The van der Waals surface area contributed by atoms with Gasteiger partial charge in [0.1, 0.15) is 17.7 Å². The molecule has 2 rings (SSSR count). The molecule has 0 bridgehead atoms. The molecule has 0 aliphatic rings. The molecule has 6 nitrogen and oxygen atoms in total. The number of methoxy groups -OCH3 is 1. The van der Waals surface area contributed by atoms with Crippen LogP contribution in [0.3, 0.4) is 0 Å². The number of nitriles is 2. The zero-order chi connectivity index (χ0) is 18.8. The Morgan fingerprint density at radius 3 is 2.50 bits per heavy atom. The lowest BCUT2D eigenvalue weighted by Gasteiger charge is -2.11. The van der Waals surface area contributed by atoms with Crippen LogP contribution in [-0.4, -0.2) is 19.6 Å². The summed E-state index contributed by atoms with van der Waals surface area (Å²) >= 11 is 0. The van der Waals surface area contributed by atoms with Crippen LogP contribution in [0.2, 0.25) is 0 Å². The molecule has 0 fully saturated rings. The SMILES string of the molecule is COc1cc(C=C(C#N)C#N)ccc1OCC(=O)NCc1ccccc1. The molecule has 0 spiro atoms. The van der Waals surface area contributed by atoms with E-state index in [2.05, 4.69) is 5.32 Å². The maximum absolute atomic E-state index is 11.9. The molecule has 0 aromatic heterocycles. The van der Waals surface area contributed by atoms with Crippen LogP contribution in [0.25, 0.3) is 6.08 Å². The van der Waals surface area contributed by atoms with E-state index in [9.17, 15) is 4.79 Å². The fourth-order valence-electron chi connectivity index (χ4n) is 2.14. The van der Waals surface area contributed by atoms with Crippen LogP contribution in [0, 0.1) is 22.7 Å². The highest BCUT2D eigenvalue weighted by Gasteiger charge is 2.09. The Bertz CT molecular complexity index is 861. The van der Waals surface area contributed by atoms with E-state index >= 15 is 0 Å². The first-order valence-corrected chi connectivity index (χ1v) is 7.79. The fraction of sp³-hybridized carbons (Fsp3) is 0.150. The molecule has 26 heavy (non-hydrogen) atoms. The van der Waals surface area contributed by atoms with E-state index in [0.717, 1.165) is 5.56 Å². The molecule has 1 N–H and O–H groups in total. The summed E-state index contributed by atoms with van der Waals surface area (Å²) in [5.41, 5.74) is 1.61. The van der Waals surface area contributed by atoms with E-state index in [1.807, 2.05) is 30.3 Å². The second kappa shape index (κ2) is 9.51. The van der Waals surface area contributed by atoms with Gasteiger partial charge in [-0.1, -0.05) is 36.4 Å². The van der Waals surface area contributed by atoms with E-state index < -0.39 is 0 Å². The number of rotatable bonds is 7. The molecular formula is C20H17N3O3. The van der Waals surface area contributed by atoms with Gasteiger partial charge in [-0.05, 0) is 29.3 Å². The van der Waals surface area contributed by atoms with E-state index in [0.29, 0.717) is 23.6 Å². The Kier molecular flexibility index (Phi) is 6.79. The largest absolute Gasteiger partial charge is 0.493 e. The van der Waals surface area contributed by atoms with Crippen molar-refractivity contribution >= 4 is 12.0 Å². The predicted molar refractivity (Wildman–Crippen MR) is 96.0 cm³/mol. The Hall–Kier alpha value is -3.77. The summed E-state index contributed by atoms with van der Waals surface area (Å²) in [6, 6.07) is 18.1. The summed E-state index contributed by atoms with van der Waals surface area (Å²) in [5, 5.41) is 20.4. The van der Waals surface area contributed by atoms with Crippen molar-refractivity contribution in [2.45, 2.75) is 6.54 Å². The maximum atomic E-state index is 11.9. The van der Waals surface area contributed by atoms with Crippen molar-refractivity contribution < 1.29 is 14.3 Å². The van der Waals surface area contributed by atoms with Crippen LogP contribution in [0.1, 0.15) is 11.1 Å². The minimum atomic E-state index is -0.254. The lowest BCUT2D eigenvalue weighted by molar-refractivity contribution is -0.123. The summed E-state index contributed by atoms with van der Waals surface area (Å²) in [7, 11) is 1.47. The third-order valence-electron chi connectivity index (χ3n) is 3.43. The van der Waals surface area contributed by atoms with Crippen LogP contribution in [0.4, 0.5) is 0 Å². The Morgan fingerprint density at radius 1 is 1.12 bits per heavy atom. The van der Waals surface area contributed by atoms with Gasteiger partial charge in [-0.25, -0.2) is 0 Å². The zero-order valence-corrected chi connectivity index (χ0v) is 14.2. The Balaban J connectivity index is 1.96. The molecule has 1 amide bonds. The van der Waals surface area contributed by atoms with Crippen molar-refractivity contribution in [3.05, 3.63) is 65.2 Å². The maximum Gasteiger partial charge on any atom is 0.258 e. The highest BCUT2D eigenvalue weighted by molar-refractivity contribution is 5.77. The first-order valence-electron chi connectivity index (χ1n) is 7.79. The number of benzene rings is 2. The van der Waals surface area contributed by atoms with Gasteiger partial charge >= 0.3 is 0 Å². The number of nitrogens with zero attached hydrogens (tertiary/aromatic N) is 2. The van der Waals surface area contributed by atoms with Gasteiger partial charge in [0.05, 0.1) is 7.11 Å². The fourth-order valence-corrected chi connectivity index (χ4v) is 2.14. The minimum absolute atomic E-state index is 0.0130. The van der Waals surface area contributed by atoms with Crippen LogP contribution in [-0.2, 0) is 11.3 Å². The molecule has 2 aromatic carbocycles. The third-order valence-corrected chi connectivity index (χ3v) is 3.43. The van der Waals surface area contributed by atoms with Gasteiger partial charge in [-0.2, -0.15) is 10.5 Å². The van der Waals surface area contributed by atoms with Crippen LogP contribution in [0.5, 0.6) is 11.5 Å². The second-order valence-corrected chi connectivity index (χ2v) is 5.24. The van der Waals surface area contributed by atoms with Crippen LogP contribution in [0.15, 0.2) is 54.1 Å². The normalized spacial score (nSPS) is 9.35. The monoisotopic (exact) mass is 347 g/mol. The number of carbonyl (C=O) groups is 1. The smallest absolute Gasteiger partial charge is 0.258 e. The Morgan fingerprint density at radius 2 is 1.85 bits per heavy atom. The molecule has 6 heteroatoms. The number of hydrogen-bond acceptors (Lipinski definition) is 5. The lowest BCUT2D eigenvalue weighted by Crippen LogP contribution is -2.28. The van der Waals surface area contributed by atoms with Gasteiger partial charge in [-0.15, -0.1) is 0 Å². The van der Waals surface area contributed by atoms with Gasteiger partial charge in [0.2, 0.25) is 0 Å². The predicted octanol–water partition coefficient (Wildman–Crippen LogP) is 2.82. The summed E-state index contributed by atoms with van der Waals surface area (Å²) in [5.74, 6) is 0.552. The van der Waals surface area contributed by atoms with Crippen molar-refractivity contribution in [2.75, 3.05) is 13.7 Å². The molecule has 0 radical (unpaired) electrons. The third kappa shape index (κ3) is 5.40. The molecule has 2 aromatic rings. The number of amides is 1. The summed E-state index contributed by atoms with van der Waals surface area (Å²) < 4.78 is 10.7. The number of carbonyl (C=O) groups excluding carboxylic acids is 1. The average Bonchev–Trinajstić information content (AvgIpc) is 2.69. The number of nitrogens with one attached hydrogen (secondary N) is 1. The first-order chi connectivity index (χ1) is 12.7. The second-order valence-electron chi connectivity index (χ2n) is 5.24.